The summed E-state index contributed by atoms with van der Waals surface area (Å²) in [6, 6.07) is 0. The molecule has 0 aromatic heterocycles. The first kappa shape index (κ1) is 14.5. The van der Waals surface area contributed by atoms with Gasteiger partial charge in [0.1, 0.15) is 0 Å². The van der Waals surface area contributed by atoms with Gasteiger partial charge in [-0.3, -0.25) is 4.79 Å². The average molecular weight is 242 g/mol. The molecule has 2 N–H and O–H groups in total. The minimum Gasteiger partial charge on any atom is -0.378 e. The van der Waals surface area contributed by atoms with Crippen LogP contribution < -0.4 is 5.73 Å². The molecular weight excluding hydrogens is 216 g/mol. The lowest BCUT2D eigenvalue weighted by Gasteiger charge is -2.32. The topological polar surface area (TPSA) is 55.6 Å². The Balaban J connectivity index is 2.26. The number of likely N-dealkylation sites (tertiary alicyclic amines) is 1. The van der Waals surface area contributed by atoms with Gasteiger partial charge >= 0.3 is 0 Å². The molecule has 100 valence electrons. The number of carbonyl (C=O) groups is 1. The monoisotopic (exact) mass is 242 g/mol. The zero-order valence-electron chi connectivity index (χ0n) is 11.4. The van der Waals surface area contributed by atoms with Crippen LogP contribution in [-0.4, -0.2) is 42.1 Å². The fourth-order valence-electron chi connectivity index (χ4n) is 2.09. The van der Waals surface area contributed by atoms with Crippen molar-refractivity contribution in [3.05, 3.63) is 0 Å². The van der Waals surface area contributed by atoms with Crippen LogP contribution in [0.15, 0.2) is 0 Å². The smallest absolute Gasteiger partial charge is 0.222 e. The third kappa shape index (κ3) is 5.50. The number of nitrogens with two attached hydrogens (primary N) is 1. The van der Waals surface area contributed by atoms with Crippen molar-refractivity contribution in [3.8, 4) is 0 Å². The van der Waals surface area contributed by atoms with Crippen molar-refractivity contribution in [3.63, 3.8) is 0 Å². The molecule has 1 heterocycles. The first-order chi connectivity index (χ1) is 7.92. The predicted octanol–water partition coefficient (Wildman–Crippen LogP) is 1.53. The molecule has 0 aromatic rings. The molecule has 0 aromatic carbocycles. The van der Waals surface area contributed by atoms with Crippen molar-refractivity contribution >= 4 is 5.91 Å². The molecule has 1 aliphatic heterocycles. The van der Waals surface area contributed by atoms with Gasteiger partial charge in [0.15, 0.2) is 0 Å². The van der Waals surface area contributed by atoms with Crippen LogP contribution in [0.2, 0.25) is 0 Å². The number of hydrogen-bond acceptors (Lipinski definition) is 3. The van der Waals surface area contributed by atoms with Crippen LogP contribution in [0, 0.1) is 0 Å². The van der Waals surface area contributed by atoms with Gasteiger partial charge in [-0.2, -0.15) is 0 Å². The van der Waals surface area contributed by atoms with Crippen LogP contribution >= 0.6 is 0 Å². The van der Waals surface area contributed by atoms with Gasteiger partial charge in [0.2, 0.25) is 5.91 Å². The van der Waals surface area contributed by atoms with Crippen molar-refractivity contribution in [2.75, 3.05) is 19.7 Å². The van der Waals surface area contributed by atoms with E-state index < -0.39 is 0 Å². The lowest BCUT2D eigenvalue weighted by molar-refractivity contribution is -0.134. The first-order valence-corrected chi connectivity index (χ1v) is 6.60. The first-order valence-electron chi connectivity index (χ1n) is 6.60. The second-order valence-electron chi connectivity index (χ2n) is 5.52. The molecule has 1 amide bonds. The standard InChI is InChI=1S/C13H26N2O2/c1-4-17-11-6-9-15(10-7-11)12(16)5-8-13(2,3)14/h11H,4-10,14H2,1-3H3. The number of amides is 1. The number of piperidine rings is 1. The molecule has 0 spiro atoms. The lowest BCUT2D eigenvalue weighted by Crippen LogP contribution is -2.42. The normalized spacial score (nSPS) is 18.5. The Labute approximate surface area is 104 Å². The van der Waals surface area contributed by atoms with E-state index in [1.165, 1.54) is 0 Å². The minimum absolute atomic E-state index is 0.235. The summed E-state index contributed by atoms with van der Waals surface area (Å²) in [5.41, 5.74) is 5.63. The van der Waals surface area contributed by atoms with Gasteiger partial charge in [0.05, 0.1) is 6.10 Å². The van der Waals surface area contributed by atoms with Crippen LogP contribution in [0.25, 0.3) is 0 Å². The molecule has 0 radical (unpaired) electrons. The molecule has 4 nitrogen and oxygen atoms in total. The molecule has 0 bridgehead atoms. The molecule has 17 heavy (non-hydrogen) atoms. The summed E-state index contributed by atoms with van der Waals surface area (Å²) in [5.74, 6) is 0.235. The summed E-state index contributed by atoms with van der Waals surface area (Å²) in [5, 5.41) is 0. The molecule has 1 aliphatic rings. The number of hydrogen-bond donors (Lipinski definition) is 1. The Morgan fingerprint density at radius 1 is 1.41 bits per heavy atom. The van der Waals surface area contributed by atoms with Gasteiger partial charge in [-0.25, -0.2) is 0 Å². The number of rotatable bonds is 5. The molecule has 0 unspecified atom stereocenters. The van der Waals surface area contributed by atoms with Crippen LogP contribution in [0.1, 0.15) is 46.5 Å². The molecule has 1 fully saturated rings. The quantitative estimate of drug-likeness (QED) is 0.795. The van der Waals surface area contributed by atoms with Crippen LogP contribution in [0.3, 0.4) is 0 Å². The van der Waals surface area contributed by atoms with Crippen molar-refractivity contribution in [2.45, 2.75) is 58.1 Å². The Morgan fingerprint density at radius 2 is 2.00 bits per heavy atom. The van der Waals surface area contributed by atoms with Gasteiger partial charge < -0.3 is 15.4 Å². The zero-order chi connectivity index (χ0) is 12.9. The van der Waals surface area contributed by atoms with Gasteiger partial charge in [-0.05, 0) is 40.0 Å². The number of nitrogens with zero attached hydrogens (tertiary/aromatic N) is 1. The van der Waals surface area contributed by atoms with E-state index in [-0.39, 0.29) is 11.4 Å². The number of carbonyl (C=O) groups excluding carboxylic acids is 1. The second kappa shape index (κ2) is 6.36. The van der Waals surface area contributed by atoms with E-state index in [0.29, 0.717) is 12.5 Å². The van der Waals surface area contributed by atoms with E-state index in [2.05, 4.69) is 0 Å². The van der Waals surface area contributed by atoms with Crippen LogP contribution in [-0.2, 0) is 9.53 Å². The second-order valence-corrected chi connectivity index (χ2v) is 5.52. The molecule has 0 aliphatic carbocycles. The maximum absolute atomic E-state index is 11.9. The summed E-state index contributed by atoms with van der Waals surface area (Å²) in [6.07, 6.45) is 3.58. The Hall–Kier alpha value is -0.610. The third-order valence-corrected chi connectivity index (χ3v) is 3.18. The Kier molecular flexibility index (Phi) is 5.40. The molecule has 0 saturated carbocycles. The van der Waals surface area contributed by atoms with Gasteiger partial charge in [0, 0.05) is 31.7 Å². The summed E-state index contributed by atoms with van der Waals surface area (Å²) in [7, 11) is 0. The van der Waals surface area contributed by atoms with E-state index in [4.69, 9.17) is 10.5 Å². The maximum Gasteiger partial charge on any atom is 0.222 e. The fourth-order valence-corrected chi connectivity index (χ4v) is 2.09. The van der Waals surface area contributed by atoms with Crippen LogP contribution in [0.4, 0.5) is 0 Å². The van der Waals surface area contributed by atoms with Crippen molar-refractivity contribution in [2.24, 2.45) is 5.73 Å². The van der Waals surface area contributed by atoms with E-state index in [0.717, 1.165) is 39.0 Å². The van der Waals surface area contributed by atoms with Crippen molar-refractivity contribution < 1.29 is 9.53 Å². The van der Waals surface area contributed by atoms with E-state index in [9.17, 15) is 4.79 Å². The van der Waals surface area contributed by atoms with E-state index in [1.54, 1.807) is 0 Å². The maximum atomic E-state index is 11.9. The molecule has 0 atom stereocenters. The SMILES string of the molecule is CCOC1CCN(C(=O)CCC(C)(C)N)CC1. The molecular formula is C13H26N2O2. The van der Waals surface area contributed by atoms with Crippen molar-refractivity contribution in [1.29, 1.82) is 0 Å². The van der Waals surface area contributed by atoms with E-state index in [1.807, 2.05) is 25.7 Å². The highest BCUT2D eigenvalue weighted by atomic mass is 16.5. The average Bonchev–Trinajstić information content (AvgIpc) is 2.26. The summed E-state index contributed by atoms with van der Waals surface area (Å²) >= 11 is 0. The van der Waals surface area contributed by atoms with Gasteiger partial charge in [-0.1, -0.05) is 0 Å². The summed E-state index contributed by atoms with van der Waals surface area (Å²) in [6.45, 7) is 8.35. The highest BCUT2D eigenvalue weighted by molar-refractivity contribution is 5.76. The van der Waals surface area contributed by atoms with Gasteiger partial charge in [0.25, 0.3) is 0 Å². The molecule has 1 rings (SSSR count). The highest BCUT2D eigenvalue weighted by Gasteiger charge is 2.23. The number of ether oxygens (including phenoxy) is 1. The highest BCUT2D eigenvalue weighted by Crippen LogP contribution is 2.16. The fraction of sp³-hybridized carbons (Fsp3) is 0.923. The van der Waals surface area contributed by atoms with E-state index >= 15 is 0 Å². The largest absolute Gasteiger partial charge is 0.378 e. The van der Waals surface area contributed by atoms with Gasteiger partial charge in [-0.15, -0.1) is 0 Å². The summed E-state index contributed by atoms with van der Waals surface area (Å²) in [4.78, 5) is 13.9. The predicted molar refractivity (Wildman–Crippen MR) is 68.7 cm³/mol. The minimum atomic E-state index is -0.251. The van der Waals surface area contributed by atoms with Crippen LogP contribution in [0.5, 0.6) is 0 Å². The summed E-state index contributed by atoms with van der Waals surface area (Å²) < 4.78 is 5.57. The Morgan fingerprint density at radius 3 is 2.47 bits per heavy atom. The Bertz CT molecular complexity index is 240. The zero-order valence-corrected chi connectivity index (χ0v) is 11.4. The molecule has 4 heteroatoms. The van der Waals surface area contributed by atoms with Crippen molar-refractivity contribution in [1.82, 2.24) is 4.90 Å². The third-order valence-electron chi connectivity index (χ3n) is 3.18. The molecule has 1 saturated heterocycles. The lowest BCUT2D eigenvalue weighted by atomic mass is 9.99.